The zero-order valence-electron chi connectivity index (χ0n) is 66.5. The minimum absolute atomic E-state index is 0.639. The van der Waals surface area contributed by atoms with Crippen molar-refractivity contribution in [3.63, 3.8) is 0 Å². The third kappa shape index (κ3) is 15.8. The van der Waals surface area contributed by atoms with Gasteiger partial charge in [-0.2, -0.15) is 0 Å². The van der Waals surface area contributed by atoms with Crippen LogP contribution in [0.25, 0.3) is 201 Å². The third-order valence-corrected chi connectivity index (χ3v) is 23.2. The highest BCUT2D eigenvalue weighted by Gasteiger charge is 2.22. The molecule has 0 aliphatic rings. The Morgan fingerprint density at radius 2 is 0.333 bits per heavy atom. The van der Waals surface area contributed by atoms with Crippen molar-refractivity contribution >= 4 is 23.2 Å². The zero-order chi connectivity index (χ0) is 81.2. The molecule has 0 aliphatic heterocycles. The van der Waals surface area contributed by atoms with E-state index in [1.54, 1.807) is 6.33 Å². The number of halogens is 2. The maximum atomic E-state index is 7.15. The summed E-state index contributed by atoms with van der Waals surface area (Å²) in [6.45, 7) is 8.41. The fraction of sp³-hybridized carbons (Fsp3) is 0.0357. The number of hydrogen-bond acceptors (Lipinski definition) is 6. The quantitative estimate of drug-likeness (QED) is 0.0852. The minimum Gasteiger partial charge on any atom is -0.256 e. The molecule has 120 heavy (non-hydrogen) atoms. The van der Waals surface area contributed by atoms with Gasteiger partial charge in [-0.25, -0.2) is 9.97 Å². The standard InChI is InChI=1S/C112H78Cl2N6/c1-71-49-53-115-107(57-71)81-33-21-75(22-34-81)95-13-5-9-17-99(95)87-61-88(100-18-10-6-14-96(100)76-23-35-82(36-24-76)108-58-72(2)50-54-116-108)64-91(63-87)105-67-93(113)45-47-103(105)79-29-41-85(42-30-79)111-69-112(120-70-119-111)86-43-31-80(32-44-86)104-48-46-94(114)68-106(104)92-65-89(101-19-11-7-15-97(101)77-25-37-83(38-26-77)109-59-73(3)51-55-117-109)62-90(66-92)102-20-12-8-16-98(102)78-27-39-84(40-28-78)110-60-74(4)52-56-118-110/h5-70H,1-4H3. The lowest BCUT2D eigenvalue weighted by Crippen LogP contribution is -1.93. The molecule has 19 aromatic rings. The Morgan fingerprint density at radius 1 is 0.150 bits per heavy atom. The van der Waals surface area contributed by atoms with Gasteiger partial charge in [-0.3, -0.25) is 19.9 Å². The lowest BCUT2D eigenvalue weighted by Gasteiger charge is -2.18. The molecule has 0 saturated heterocycles. The van der Waals surface area contributed by atoms with E-state index in [1.165, 1.54) is 22.3 Å². The first kappa shape index (κ1) is 75.4. The molecule has 19 rings (SSSR count). The summed E-state index contributed by atoms with van der Waals surface area (Å²) in [6.07, 6.45) is 9.16. The first-order valence-corrected chi connectivity index (χ1v) is 41.1. The molecule has 8 heteroatoms. The normalized spacial score (nSPS) is 11.2. The number of aromatic nitrogens is 6. The first-order valence-electron chi connectivity index (χ1n) is 40.3. The molecule has 5 heterocycles. The van der Waals surface area contributed by atoms with E-state index in [4.69, 9.17) is 53.1 Å². The van der Waals surface area contributed by atoms with Crippen molar-refractivity contribution in [2.45, 2.75) is 27.7 Å². The number of nitrogens with zero attached hydrogens (tertiary/aromatic N) is 6. The van der Waals surface area contributed by atoms with Gasteiger partial charge in [-0.15, -0.1) is 0 Å². The van der Waals surface area contributed by atoms with Crippen molar-refractivity contribution in [3.8, 4) is 201 Å². The molecular weight excluding hydrogens is 1500 g/mol. The Bertz CT molecular complexity index is 6340. The van der Waals surface area contributed by atoms with Crippen LogP contribution in [0.3, 0.4) is 0 Å². The van der Waals surface area contributed by atoms with Crippen LogP contribution in [0.2, 0.25) is 10.0 Å². The van der Waals surface area contributed by atoms with Gasteiger partial charge in [-0.1, -0.05) is 278 Å². The van der Waals surface area contributed by atoms with Crippen molar-refractivity contribution in [2.24, 2.45) is 0 Å². The van der Waals surface area contributed by atoms with Gasteiger partial charge in [0, 0.05) is 68.2 Å². The molecule has 0 fully saturated rings. The number of pyridine rings is 4. The lowest BCUT2D eigenvalue weighted by molar-refractivity contribution is 1.18. The van der Waals surface area contributed by atoms with Crippen LogP contribution in [0.1, 0.15) is 22.3 Å². The summed E-state index contributed by atoms with van der Waals surface area (Å²) in [6, 6.07) is 132. The van der Waals surface area contributed by atoms with Crippen molar-refractivity contribution in [3.05, 3.63) is 433 Å². The van der Waals surface area contributed by atoms with Crippen LogP contribution in [0.5, 0.6) is 0 Å². The molecule has 0 unspecified atom stereocenters. The molecule has 0 aliphatic carbocycles. The van der Waals surface area contributed by atoms with Gasteiger partial charge in [0.1, 0.15) is 6.33 Å². The fourth-order valence-electron chi connectivity index (χ4n) is 16.5. The second-order valence-corrected chi connectivity index (χ2v) is 31.7. The molecule has 0 saturated carbocycles. The van der Waals surface area contributed by atoms with Gasteiger partial charge in [0.15, 0.2) is 0 Å². The Labute approximate surface area is 710 Å². The summed E-state index contributed by atoms with van der Waals surface area (Å²) in [5.41, 5.74) is 42.1. The first-order chi connectivity index (χ1) is 58.9. The monoisotopic (exact) mass is 1580 g/mol. The summed E-state index contributed by atoms with van der Waals surface area (Å²) in [7, 11) is 0. The van der Waals surface area contributed by atoms with Crippen LogP contribution in [0, 0.1) is 27.7 Å². The second kappa shape index (κ2) is 33.1. The van der Waals surface area contributed by atoms with Gasteiger partial charge in [0.2, 0.25) is 0 Å². The molecule has 6 nitrogen and oxygen atoms in total. The summed E-state index contributed by atoms with van der Waals surface area (Å²) >= 11 is 14.3. The maximum absolute atomic E-state index is 7.15. The minimum atomic E-state index is 0.639. The molecule has 0 radical (unpaired) electrons. The van der Waals surface area contributed by atoms with Gasteiger partial charge in [0.05, 0.1) is 34.2 Å². The fourth-order valence-corrected chi connectivity index (χ4v) is 16.9. The van der Waals surface area contributed by atoms with Crippen LogP contribution in [0.15, 0.2) is 401 Å². The predicted octanol–water partition coefficient (Wildman–Crippen LogP) is 30.6. The van der Waals surface area contributed by atoms with Crippen molar-refractivity contribution in [1.29, 1.82) is 0 Å². The molecule has 0 spiro atoms. The second-order valence-electron chi connectivity index (χ2n) is 30.8. The van der Waals surface area contributed by atoms with Crippen LogP contribution in [-0.4, -0.2) is 29.9 Å². The molecule has 0 bridgehead atoms. The van der Waals surface area contributed by atoms with E-state index in [2.05, 4.69) is 361 Å². The van der Waals surface area contributed by atoms with Crippen molar-refractivity contribution in [2.75, 3.05) is 0 Å². The Hall–Kier alpha value is -14.7. The smallest absolute Gasteiger partial charge is 0.116 e. The van der Waals surface area contributed by atoms with Gasteiger partial charge < -0.3 is 0 Å². The molecular formula is C112H78Cl2N6. The topological polar surface area (TPSA) is 77.3 Å². The van der Waals surface area contributed by atoms with Crippen molar-refractivity contribution in [1.82, 2.24) is 29.9 Å². The maximum Gasteiger partial charge on any atom is 0.116 e. The number of benzene rings is 14. The SMILES string of the molecule is Cc1ccnc(-c2ccc(-c3ccccc3-c3cc(-c4ccccc4-c4ccc(-c5cc(C)ccn5)cc4)cc(-c4cc(Cl)ccc4-c4ccc(-c5cc(-c6ccc(-c7ccc(Cl)cc7-c7cc(-c8ccccc8-c8ccc(-c9cc(C)ccn9)cc8)cc(-c8ccccc8-c8ccc(-c9cc(C)ccn9)cc8)c7)cc6)ncn5)cc4)c3)cc2)c1. The largest absolute Gasteiger partial charge is 0.256 e. The van der Waals surface area contributed by atoms with E-state index in [9.17, 15) is 0 Å². The molecule has 0 atom stereocenters. The summed E-state index contributed by atoms with van der Waals surface area (Å²) < 4.78 is 0. The van der Waals surface area contributed by atoms with E-state index in [1.807, 2.05) is 61.2 Å². The van der Waals surface area contributed by atoms with E-state index >= 15 is 0 Å². The van der Waals surface area contributed by atoms with Crippen LogP contribution < -0.4 is 0 Å². The van der Waals surface area contributed by atoms with Crippen molar-refractivity contribution < 1.29 is 0 Å². The zero-order valence-corrected chi connectivity index (χ0v) is 68.1. The highest BCUT2D eigenvalue weighted by atomic mass is 35.5. The van der Waals surface area contributed by atoms with E-state index < -0.39 is 0 Å². The molecule has 570 valence electrons. The van der Waals surface area contributed by atoms with E-state index in [-0.39, 0.29) is 0 Å². The molecule has 5 aromatic heterocycles. The van der Waals surface area contributed by atoms with Crippen LogP contribution in [0.4, 0.5) is 0 Å². The summed E-state index contributed by atoms with van der Waals surface area (Å²) in [5, 5.41) is 1.28. The number of rotatable bonds is 18. The highest BCUT2D eigenvalue weighted by molar-refractivity contribution is 6.31. The highest BCUT2D eigenvalue weighted by Crippen LogP contribution is 2.47. The number of aryl methyl sites for hydroxylation is 4. The van der Waals surface area contributed by atoms with Crippen LogP contribution >= 0.6 is 23.2 Å². The van der Waals surface area contributed by atoms with E-state index in [0.29, 0.717) is 10.0 Å². The van der Waals surface area contributed by atoms with Gasteiger partial charge >= 0.3 is 0 Å². The Kier molecular flexibility index (Phi) is 20.8. The average Bonchev–Trinajstić information content (AvgIpc) is 0.763. The number of hydrogen-bond donors (Lipinski definition) is 0. The lowest BCUT2D eigenvalue weighted by atomic mass is 9.86. The van der Waals surface area contributed by atoms with Gasteiger partial charge in [0.25, 0.3) is 0 Å². The summed E-state index contributed by atoms with van der Waals surface area (Å²) in [4.78, 5) is 28.6. The Morgan fingerprint density at radius 3 is 0.550 bits per heavy atom. The Balaban J connectivity index is 0.653. The third-order valence-electron chi connectivity index (χ3n) is 22.7. The molecule has 0 N–H and O–H groups in total. The van der Waals surface area contributed by atoms with E-state index in [0.717, 1.165) is 201 Å². The average molecular weight is 1580 g/mol. The molecule has 14 aromatic carbocycles. The van der Waals surface area contributed by atoms with Gasteiger partial charge in [-0.05, 0) is 299 Å². The summed E-state index contributed by atoms with van der Waals surface area (Å²) in [5.74, 6) is 0. The predicted molar refractivity (Wildman–Crippen MR) is 500 cm³/mol. The molecule has 0 amide bonds. The van der Waals surface area contributed by atoms with Crippen LogP contribution in [-0.2, 0) is 0 Å².